The van der Waals surface area contributed by atoms with Gasteiger partial charge in [0.15, 0.2) is 5.78 Å². The third kappa shape index (κ3) is 3.61. The summed E-state index contributed by atoms with van der Waals surface area (Å²) in [7, 11) is 0. The molecule has 0 saturated carbocycles. The number of rotatable bonds is 4. The molecule has 0 radical (unpaired) electrons. The Morgan fingerprint density at radius 3 is 2.15 bits per heavy atom. The van der Waals surface area contributed by atoms with Crippen molar-refractivity contribution >= 4 is 17.6 Å². The molecular weight excluding hydrogens is 349 g/mol. The van der Waals surface area contributed by atoms with Gasteiger partial charge in [0.05, 0.1) is 5.56 Å². The minimum Gasteiger partial charge on any atom is -0.289 e. The van der Waals surface area contributed by atoms with Gasteiger partial charge in [-0.25, -0.2) is 0 Å². The molecule has 0 bridgehead atoms. The third-order valence-corrected chi connectivity index (χ3v) is 3.43. The number of hydrogen-bond acceptors (Lipinski definition) is 4. The van der Waals surface area contributed by atoms with Crippen LogP contribution in [0, 0.1) is 0 Å². The Balaban J connectivity index is 1.87. The lowest BCUT2D eigenvalue weighted by Crippen LogP contribution is -2.17. The first-order valence-corrected chi connectivity index (χ1v) is 7.36. The standard InChI is InChI=1S/C17H11F3N4O2/c18-17(19,20)15-22-16(24-23-15)21-14(26)12-9-5-4-8-11(12)13(25)10-6-2-1-3-7-10/h1-9H,(H2,21,22,23,24,26). The van der Waals surface area contributed by atoms with Crippen LogP contribution in [-0.2, 0) is 6.18 Å². The van der Waals surface area contributed by atoms with E-state index in [0.29, 0.717) is 5.56 Å². The number of H-pyrrole nitrogens is 1. The number of aromatic nitrogens is 3. The predicted molar refractivity (Wildman–Crippen MR) is 85.7 cm³/mol. The maximum atomic E-state index is 12.6. The lowest BCUT2D eigenvalue weighted by molar-refractivity contribution is -0.144. The number of hydrogen-bond donors (Lipinski definition) is 2. The fourth-order valence-corrected chi connectivity index (χ4v) is 2.24. The average molecular weight is 360 g/mol. The molecule has 1 heterocycles. The monoisotopic (exact) mass is 360 g/mol. The van der Waals surface area contributed by atoms with Crippen LogP contribution in [0.3, 0.4) is 0 Å². The van der Waals surface area contributed by atoms with Crippen LogP contribution in [0.5, 0.6) is 0 Å². The molecule has 0 atom stereocenters. The molecule has 0 spiro atoms. The molecule has 6 nitrogen and oxygen atoms in total. The van der Waals surface area contributed by atoms with E-state index in [2.05, 4.69) is 15.4 Å². The van der Waals surface area contributed by atoms with E-state index >= 15 is 0 Å². The first kappa shape index (κ1) is 17.3. The molecule has 1 amide bonds. The van der Waals surface area contributed by atoms with E-state index in [1.165, 1.54) is 18.2 Å². The predicted octanol–water partition coefficient (Wildman–Crippen LogP) is 3.31. The largest absolute Gasteiger partial charge is 0.451 e. The highest BCUT2D eigenvalue weighted by atomic mass is 19.4. The van der Waals surface area contributed by atoms with Gasteiger partial charge in [-0.1, -0.05) is 48.5 Å². The number of aromatic amines is 1. The van der Waals surface area contributed by atoms with Gasteiger partial charge < -0.3 is 0 Å². The molecular formula is C17H11F3N4O2. The highest BCUT2D eigenvalue weighted by Crippen LogP contribution is 2.26. The molecule has 0 fully saturated rings. The summed E-state index contributed by atoms with van der Waals surface area (Å²) in [6.07, 6.45) is -4.71. The Morgan fingerprint density at radius 1 is 0.923 bits per heavy atom. The lowest BCUT2D eigenvalue weighted by Gasteiger charge is -2.08. The summed E-state index contributed by atoms with van der Waals surface area (Å²) in [5.41, 5.74) is 0.493. The Hall–Kier alpha value is -3.49. The van der Waals surface area contributed by atoms with Gasteiger partial charge in [0.2, 0.25) is 11.8 Å². The number of carbonyl (C=O) groups is 2. The van der Waals surface area contributed by atoms with Gasteiger partial charge in [0.25, 0.3) is 5.91 Å². The fourth-order valence-electron chi connectivity index (χ4n) is 2.24. The van der Waals surface area contributed by atoms with Crippen LogP contribution in [0.2, 0.25) is 0 Å². The number of carbonyl (C=O) groups excluding carboxylic acids is 2. The summed E-state index contributed by atoms with van der Waals surface area (Å²) in [5.74, 6) is -3.05. The maximum Gasteiger partial charge on any atom is 0.451 e. The van der Waals surface area contributed by atoms with E-state index in [-0.39, 0.29) is 16.9 Å². The van der Waals surface area contributed by atoms with Gasteiger partial charge in [0, 0.05) is 11.1 Å². The minimum atomic E-state index is -4.71. The number of nitrogens with one attached hydrogen (secondary N) is 2. The van der Waals surface area contributed by atoms with Crippen molar-refractivity contribution in [3.8, 4) is 0 Å². The zero-order valence-corrected chi connectivity index (χ0v) is 13.0. The van der Waals surface area contributed by atoms with Crippen molar-refractivity contribution < 1.29 is 22.8 Å². The normalized spacial score (nSPS) is 11.2. The zero-order valence-electron chi connectivity index (χ0n) is 13.0. The summed E-state index contributed by atoms with van der Waals surface area (Å²) in [6, 6.07) is 14.3. The second kappa shape index (κ2) is 6.79. The topological polar surface area (TPSA) is 87.7 Å². The molecule has 3 aromatic rings. The second-order valence-electron chi connectivity index (χ2n) is 5.20. The van der Waals surface area contributed by atoms with Crippen LogP contribution < -0.4 is 5.32 Å². The van der Waals surface area contributed by atoms with Crippen LogP contribution in [0.15, 0.2) is 54.6 Å². The molecule has 0 aliphatic carbocycles. The minimum absolute atomic E-state index is 0.000267. The number of halogens is 3. The quantitative estimate of drug-likeness (QED) is 0.699. The molecule has 1 aromatic heterocycles. The van der Waals surface area contributed by atoms with Crippen molar-refractivity contribution in [2.45, 2.75) is 6.18 Å². The van der Waals surface area contributed by atoms with E-state index in [9.17, 15) is 22.8 Å². The molecule has 2 N–H and O–H groups in total. The number of alkyl halides is 3. The first-order chi connectivity index (χ1) is 12.4. The van der Waals surface area contributed by atoms with Crippen LogP contribution in [-0.4, -0.2) is 26.9 Å². The summed E-state index contributed by atoms with van der Waals surface area (Å²) >= 11 is 0. The summed E-state index contributed by atoms with van der Waals surface area (Å²) < 4.78 is 37.6. The number of anilines is 1. The van der Waals surface area contributed by atoms with Crippen molar-refractivity contribution in [2.24, 2.45) is 0 Å². The smallest absolute Gasteiger partial charge is 0.289 e. The van der Waals surface area contributed by atoms with Gasteiger partial charge in [-0.15, -0.1) is 5.10 Å². The summed E-state index contributed by atoms with van der Waals surface area (Å²) in [5, 5.41) is 7.16. The Kier molecular flexibility index (Phi) is 4.53. The molecule has 0 aliphatic rings. The van der Waals surface area contributed by atoms with Crippen molar-refractivity contribution in [3.63, 3.8) is 0 Å². The molecule has 3 rings (SSSR count). The van der Waals surface area contributed by atoms with Crippen LogP contribution in [0.4, 0.5) is 19.1 Å². The first-order valence-electron chi connectivity index (χ1n) is 7.36. The highest BCUT2D eigenvalue weighted by molar-refractivity contribution is 6.17. The van der Waals surface area contributed by atoms with Crippen LogP contribution >= 0.6 is 0 Å². The number of ketones is 1. The summed E-state index contributed by atoms with van der Waals surface area (Å²) in [6.45, 7) is 0. The molecule has 2 aromatic carbocycles. The Bertz CT molecular complexity index is 952. The highest BCUT2D eigenvalue weighted by Gasteiger charge is 2.35. The molecule has 0 saturated heterocycles. The fraction of sp³-hybridized carbons (Fsp3) is 0.0588. The molecule has 0 aliphatic heterocycles. The molecule has 26 heavy (non-hydrogen) atoms. The van der Waals surface area contributed by atoms with Crippen LogP contribution in [0.25, 0.3) is 0 Å². The Labute approximate surface area is 145 Å². The Morgan fingerprint density at radius 2 is 1.54 bits per heavy atom. The van der Waals surface area contributed by atoms with Gasteiger partial charge in [-0.05, 0) is 6.07 Å². The zero-order chi connectivity index (χ0) is 18.7. The molecule has 9 heteroatoms. The van der Waals surface area contributed by atoms with Crippen molar-refractivity contribution in [3.05, 3.63) is 77.1 Å². The maximum absolute atomic E-state index is 12.6. The third-order valence-electron chi connectivity index (χ3n) is 3.43. The van der Waals surface area contributed by atoms with Crippen LogP contribution in [0.1, 0.15) is 32.1 Å². The summed E-state index contributed by atoms with van der Waals surface area (Å²) in [4.78, 5) is 28.2. The van der Waals surface area contributed by atoms with Gasteiger partial charge in [0.1, 0.15) is 0 Å². The van der Waals surface area contributed by atoms with Gasteiger partial charge in [-0.3, -0.25) is 20.0 Å². The van der Waals surface area contributed by atoms with Crippen molar-refractivity contribution in [1.29, 1.82) is 0 Å². The SMILES string of the molecule is O=C(Nc1n[nH]c(C(F)(F)F)n1)c1ccccc1C(=O)c1ccccc1. The average Bonchev–Trinajstić information content (AvgIpc) is 3.11. The molecule has 0 unspecified atom stereocenters. The molecule has 132 valence electrons. The second-order valence-corrected chi connectivity index (χ2v) is 5.20. The van der Waals surface area contributed by atoms with Crippen molar-refractivity contribution in [1.82, 2.24) is 15.2 Å². The van der Waals surface area contributed by atoms with E-state index in [4.69, 9.17) is 0 Å². The van der Waals surface area contributed by atoms with Crippen molar-refractivity contribution in [2.75, 3.05) is 5.32 Å². The van der Waals surface area contributed by atoms with E-state index < -0.39 is 23.9 Å². The number of benzene rings is 2. The van der Waals surface area contributed by atoms with E-state index in [1.807, 2.05) is 0 Å². The van der Waals surface area contributed by atoms with E-state index in [1.54, 1.807) is 41.5 Å². The number of nitrogens with zero attached hydrogens (tertiary/aromatic N) is 2. The van der Waals surface area contributed by atoms with E-state index in [0.717, 1.165) is 0 Å². The van der Waals surface area contributed by atoms with Gasteiger partial charge in [-0.2, -0.15) is 18.2 Å². The lowest BCUT2D eigenvalue weighted by atomic mass is 9.98. The number of amides is 1. The van der Waals surface area contributed by atoms with Gasteiger partial charge >= 0.3 is 6.18 Å².